The third-order valence-electron chi connectivity index (χ3n) is 6.65. The molecule has 2 saturated carbocycles. The van der Waals surface area contributed by atoms with Crippen LogP contribution in [0.1, 0.15) is 70.6 Å². The van der Waals surface area contributed by atoms with Gasteiger partial charge in [-0.1, -0.05) is 12.2 Å². The molecular formula is C27H38O4. The average molecular weight is 427 g/mol. The van der Waals surface area contributed by atoms with E-state index in [0.29, 0.717) is 5.75 Å². The SMILES string of the molecule is C=CCCC1CCC(OC(=O)COc2ccc(OC3CCC(CC=C)CC3)cc2)CC1. The van der Waals surface area contributed by atoms with E-state index in [1.165, 1.54) is 19.3 Å². The van der Waals surface area contributed by atoms with E-state index in [-0.39, 0.29) is 24.8 Å². The van der Waals surface area contributed by atoms with Gasteiger partial charge in [0, 0.05) is 0 Å². The molecule has 0 bridgehead atoms. The van der Waals surface area contributed by atoms with Crippen molar-refractivity contribution in [2.45, 2.75) is 82.8 Å². The predicted octanol–water partition coefficient (Wildman–Crippen LogP) is 6.65. The van der Waals surface area contributed by atoms with Crippen LogP contribution >= 0.6 is 0 Å². The van der Waals surface area contributed by atoms with Crippen molar-refractivity contribution < 1.29 is 19.0 Å². The topological polar surface area (TPSA) is 44.8 Å². The quantitative estimate of drug-likeness (QED) is 0.294. The maximum atomic E-state index is 12.1. The van der Waals surface area contributed by atoms with Crippen molar-refractivity contribution >= 4 is 5.97 Å². The second-order valence-corrected chi connectivity index (χ2v) is 9.04. The maximum Gasteiger partial charge on any atom is 0.344 e. The summed E-state index contributed by atoms with van der Waals surface area (Å²) in [6, 6.07) is 7.55. The van der Waals surface area contributed by atoms with Gasteiger partial charge in [0.1, 0.15) is 17.6 Å². The molecule has 2 fully saturated rings. The number of carbonyl (C=O) groups excluding carboxylic acids is 1. The summed E-state index contributed by atoms with van der Waals surface area (Å²) in [4.78, 5) is 12.1. The van der Waals surface area contributed by atoms with Gasteiger partial charge in [0.05, 0.1) is 6.10 Å². The van der Waals surface area contributed by atoms with Gasteiger partial charge in [0.15, 0.2) is 6.61 Å². The first-order chi connectivity index (χ1) is 15.2. The lowest BCUT2D eigenvalue weighted by Gasteiger charge is -2.28. The van der Waals surface area contributed by atoms with Crippen LogP contribution in [0.5, 0.6) is 11.5 Å². The Bertz CT molecular complexity index is 680. The van der Waals surface area contributed by atoms with Gasteiger partial charge in [0.2, 0.25) is 0 Å². The summed E-state index contributed by atoms with van der Waals surface area (Å²) in [7, 11) is 0. The molecule has 4 nitrogen and oxygen atoms in total. The molecule has 1 aromatic rings. The zero-order valence-corrected chi connectivity index (χ0v) is 18.8. The van der Waals surface area contributed by atoms with Crippen molar-refractivity contribution in [3.63, 3.8) is 0 Å². The van der Waals surface area contributed by atoms with Crippen LogP contribution < -0.4 is 9.47 Å². The van der Waals surface area contributed by atoms with E-state index in [2.05, 4.69) is 13.2 Å². The first kappa shape index (κ1) is 23.4. The van der Waals surface area contributed by atoms with Crippen molar-refractivity contribution in [2.75, 3.05) is 6.61 Å². The van der Waals surface area contributed by atoms with E-state index in [0.717, 1.165) is 69.0 Å². The zero-order chi connectivity index (χ0) is 21.9. The highest BCUT2D eigenvalue weighted by Gasteiger charge is 2.24. The molecule has 0 heterocycles. The Morgan fingerprint density at radius 3 is 2.10 bits per heavy atom. The Labute approximate surface area is 187 Å². The van der Waals surface area contributed by atoms with Crippen molar-refractivity contribution in [3.05, 3.63) is 49.6 Å². The van der Waals surface area contributed by atoms with Crippen LogP contribution in [0.3, 0.4) is 0 Å². The molecule has 0 radical (unpaired) electrons. The van der Waals surface area contributed by atoms with Crippen LogP contribution in [0.4, 0.5) is 0 Å². The van der Waals surface area contributed by atoms with E-state index in [4.69, 9.17) is 14.2 Å². The molecule has 4 heteroatoms. The lowest BCUT2D eigenvalue weighted by atomic mass is 9.84. The maximum absolute atomic E-state index is 12.1. The van der Waals surface area contributed by atoms with E-state index < -0.39 is 0 Å². The minimum absolute atomic E-state index is 0.0356. The Balaban J connectivity index is 1.32. The largest absolute Gasteiger partial charge is 0.490 e. The fraction of sp³-hybridized carbons (Fsp3) is 0.593. The van der Waals surface area contributed by atoms with E-state index in [9.17, 15) is 4.79 Å². The highest BCUT2D eigenvalue weighted by molar-refractivity contribution is 5.71. The minimum Gasteiger partial charge on any atom is -0.490 e. The first-order valence-corrected chi connectivity index (χ1v) is 12.0. The minimum atomic E-state index is -0.286. The van der Waals surface area contributed by atoms with Gasteiger partial charge < -0.3 is 14.2 Å². The van der Waals surface area contributed by atoms with Crippen LogP contribution in [-0.4, -0.2) is 24.8 Å². The Hall–Kier alpha value is -2.23. The normalized spacial score (nSPS) is 25.9. The number of benzene rings is 1. The van der Waals surface area contributed by atoms with Gasteiger partial charge in [-0.3, -0.25) is 0 Å². The van der Waals surface area contributed by atoms with Gasteiger partial charge >= 0.3 is 5.97 Å². The number of ether oxygens (including phenoxy) is 3. The zero-order valence-electron chi connectivity index (χ0n) is 18.8. The molecule has 0 amide bonds. The van der Waals surface area contributed by atoms with Crippen molar-refractivity contribution in [2.24, 2.45) is 11.8 Å². The molecule has 0 aliphatic heterocycles. The lowest BCUT2D eigenvalue weighted by Crippen LogP contribution is -2.27. The highest BCUT2D eigenvalue weighted by atomic mass is 16.6. The number of carbonyl (C=O) groups is 1. The highest BCUT2D eigenvalue weighted by Crippen LogP contribution is 2.31. The van der Waals surface area contributed by atoms with Gasteiger partial charge in [-0.05, 0) is 107 Å². The molecule has 0 spiro atoms. The van der Waals surface area contributed by atoms with Crippen LogP contribution in [-0.2, 0) is 9.53 Å². The fourth-order valence-electron chi connectivity index (χ4n) is 4.78. The summed E-state index contributed by atoms with van der Waals surface area (Å²) >= 11 is 0. The average Bonchev–Trinajstić information content (AvgIpc) is 2.80. The summed E-state index contributed by atoms with van der Waals surface area (Å²) in [5, 5.41) is 0. The van der Waals surface area contributed by atoms with Gasteiger partial charge in [-0.2, -0.15) is 0 Å². The molecule has 0 atom stereocenters. The summed E-state index contributed by atoms with van der Waals surface area (Å²) in [6.45, 7) is 7.58. The number of esters is 1. The Kier molecular flexibility index (Phi) is 9.51. The summed E-state index contributed by atoms with van der Waals surface area (Å²) in [6.07, 6.45) is 16.5. The van der Waals surface area contributed by atoms with E-state index in [1.807, 2.05) is 36.4 Å². The molecule has 0 aromatic heterocycles. The second-order valence-electron chi connectivity index (χ2n) is 9.04. The number of allylic oxidation sites excluding steroid dienone is 2. The number of rotatable bonds is 11. The summed E-state index contributed by atoms with van der Waals surface area (Å²) in [5.41, 5.74) is 0. The van der Waals surface area contributed by atoms with Crippen LogP contribution in [0.25, 0.3) is 0 Å². The van der Waals surface area contributed by atoms with Crippen LogP contribution in [0, 0.1) is 11.8 Å². The smallest absolute Gasteiger partial charge is 0.344 e. The molecule has 1 aromatic carbocycles. The Morgan fingerprint density at radius 1 is 0.839 bits per heavy atom. The third kappa shape index (κ3) is 8.08. The molecule has 0 saturated heterocycles. The van der Waals surface area contributed by atoms with Crippen molar-refractivity contribution in [3.8, 4) is 11.5 Å². The molecule has 3 rings (SSSR count). The molecular weight excluding hydrogens is 388 g/mol. The first-order valence-electron chi connectivity index (χ1n) is 12.0. The van der Waals surface area contributed by atoms with Gasteiger partial charge in [-0.15, -0.1) is 13.2 Å². The number of hydrogen-bond acceptors (Lipinski definition) is 4. The van der Waals surface area contributed by atoms with Crippen LogP contribution in [0.15, 0.2) is 49.6 Å². The van der Waals surface area contributed by atoms with Crippen molar-refractivity contribution in [1.82, 2.24) is 0 Å². The lowest BCUT2D eigenvalue weighted by molar-refractivity contribution is -0.153. The van der Waals surface area contributed by atoms with E-state index >= 15 is 0 Å². The molecule has 2 aliphatic rings. The second kappa shape index (κ2) is 12.6. The Morgan fingerprint density at radius 2 is 1.45 bits per heavy atom. The fourth-order valence-corrected chi connectivity index (χ4v) is 4.78. The summed E-state index contributed by atoms with van der Waals surface area (Å²) in [5.74, 6) is 2.74. The van der Waals surface area contributed by atoms with Crippen LogP contribution in [0.2, 0.25) is 0 Å². The van der Waals surface area contributed by atoms with Crippen molar-refractivity contribution in [1.29, 1.82) is 0 Å². The molecule has 0 N–H and O–H groups in total. The molecule has 170 valence electrons. The number of hydrogen-bond donors (Lipinski definition) is 0. The monoisotopic (exact) mass is 426 g/mol. The van der Waals surface area contributed by atoms with Gasteiger partial charge in [0.25, 0.3) is 0 Å². The summed E-state index contributed by atoms with van der Waals surface area (Å²) < 4.78 is 17.3. The molecule has 0 unspecified atom stereocenters. The molecule has 2 aliphatic carbocycles. The predicted molar refractivity (Wildman–Crippen MR) is 124 cm³/mol. The van der Waals surface area contributed by atoms with E-state index in [1.54, 1.807) is 0 Å². The molecule has 31 heavy (non-hydrogen) atoms. The standard InChI is InChI=1S/C27H38O4/c1-3-5-7-22-10-14-26(15-11-22)31-27(28)20-29-23-16-18-25(19-17-23)30-24-12-8-21(6-4-2)9-13-24/h3-4,16-19,21-22,24,26H,1-2,5-15,20H2. The third-order valence-corrected chi connectivity index (χ3v) is 6.65. The van der Waals surface area contributed by atoms with Gasteiger partial charge in [-0.25, -0.2) is 4.79 Å².